The third kappa shape index (κ3) is 1.92. The van der Waals surface area contributed by atoms with Gasteiger partial charge in [0.15, 0.2) is 0 Å². The molecular weight excluding hydrogens is 320 g/mol. The number of hydrogen-bond donors (Lipinski definition) is 5. The summed E-state index contributed by atoms with van der Waals surface area (Å²) in [5.41, 5.74) is -3.65. The summed E-state index contributed by atoms with van der Waals surface area (Å²) in [6, 6.07) is 0. The lowest BCUT2D eigenvalue weighted by Gasteiger charge is -2.47. The first-order valence-electron chi connectivity index (χ1n) is 9.88. The summed E-state index contributed by atoms with van der Waals surface area (Å²) in [6.07, 6.45) is 0.606. The Morgan fingerprint density at radius 3 is 2.08 bits per heavy atom. The quantitative estimate of drug-likeness (QED) is 0.448. The van der Waals surface area contributed by atoms with Gasteiger partial charge in [-0.3, -0.25) is 0 Å². The van der Waals surface area contributed by atoms with E-state index >= 15 is 0 Å². The first kappa shape index (κ1) is 18.2. The predicted molar refractivity (Wildman–Crippen MR) is 92.5 cm³/mol. The summed E-state index contributed by atoms with van der Waals surface area (Å²) in [7, 11) is 0. The van der Waals surface area contributed by atoms with Gasteiger partial charge in [-0.25, -0.2) is 0 Å². The monoisotopic (exact) mass is 354 g/mol. The second-order valence-electron chi connectivity index (χ2n) is 10.5. The highest BCUT2D eigenvalue weighted by molar-refractivity contribution is 5.22. The Balaban J connectivity index is 1.83. The largest absolute Gasteiger partial charge is 0.392 e. The zero-order chi connectivity index (χ0) is 18.6. The van der Waals surface area contributed by atoms with Gasteiger partial charge in [0.2, 0.25) is 0 Å². The third-order valence-corrected chi connectivity index (χ3v) is 9.24. The van der Waals surface area contributed by atoms with Gasteiger partial charge in [-0.15, -0.1) is 0 Å². The molecule has 5 heteroatoms. The fourth-order valence-corrected chi connectivity index (χ4v) is 7.79. The molecule has 0 aromatic carbocycles. The maximum absolute atomic E-state index is 11.7. The van der Waals surface area contributed by atoms with Crippen molar-refractivity contribution in [1.82, 2.24) is 0 Å². The van der Waals surface area contributed by atoms with Gasteiger partial charge < -0.3 is 25.5 Å². The molecule has 0 saturated heterocycles. The second kappa shape index (κ2) is 4.99. The Hall–Kier alpha value is -0.200. The van der Waals surface area contributed by atoms with Crippen LogP contribution in [0.1, 0.15) is 59.8 Å². The molecule has 0 amide bonds. The van der Waals surface area contributed by atoms with Crippen LogP contribution < -0.4 is 0 Å². The Morgan fingerprint density at radius 1 is 0.840 bits per heavy atom. The minimum absolute atomic E-state index is 0.0723. The number of aliphatic hydroxyl groups excluding tert-OH is 3. The highest BCUT2D eigenvalue weighted by Gasteiger charge is 2.72. The minimum atomic E-state index is -1.37. The van der Waals surface area contributed by atoms with Crippen molar-refractivity contribution >= 4 is 0 Å². The van der Waals surface area contributed by atoms with E-state index in [1.807, 2.05) is 20.8 Å². The zero-order valence-electron chi connectivity index (χ0n) is 15.8. The average molecular weight is 354 g/mol. The van der Waals surface area contributed by atoms with Crippen molar-refractivity contribution in [3.63, 3.8) is 0 Å². The van der Waals surface area contributed by atoms with Crippen LogP contribution in [-0.4, -0.2) is 55.0 Å². The molecule has 0 aromatic heterocycles. The van der Waals surface area contributed by atoms with Crippen molar-refractivity contribution in [3.8, 4) is 0 Å². The molecular formula is C20H34O5. The Labute approximate surface area is 150 Å². The van der Waals surface area contributed by atoms with Gasteiger partial charge >= 0.3 is 0 Å². The van der Waals surface area contributed by atoms with Crippen LogP contribution in [0.4, 0.5) is 0 Å². The van der Waals surface area contributed by atoms with Gasteiger partial charge in [0.05, 0.1) is 23.9 Å². The fourth-order valence-electron chi connectivity index (χ4n) is 7.79. The topological polar surface area (TPSA) is 101 Å². The van der Waals surface area contributed by atoms with Crippen LogP contribution in [0.25, 0.3) is 0 Å². The van der Waals surface area contributed by atoms with Crippen LogP contribution in [0.5, 0.6) is 0 Å². The summed E-state index contributed by atoms with van der Waals surface area (Å²) in [6.45, 7) is 7.59. The van der Waals surface area contributed by atoms with Gasteiger partial charge in [-0.1, -0.05) is 20.8 Å². The summed E-state index contributed by atoms with van der Waals surface area (Å²) < 4.78 is 0. The van der Waals surface area contributed by atoms with E-state index in [-0.39, 0.29) is 23.7 Å². The zero-order valence-corrected chi connectivity index (χ0v) is 15.8. The Bertz CT molecular complexity index is 574. The lowest BCUT2D eigenvalue weighted by molar-refractivity contribution is -0.178. The van der Waals surface area contributed by atoms with Crippen molar-refractivity contribution in [2.75, 3.05) is 0 Å². The summed E-state index contributed by atoms with van der Waals surface area (Å²) in [5.74, 6) is -0.147. The van der Waals surface area contributed by atoms with Crippen LogP contribution >= 0.6 is 0 Å². The van der Waals surface area contributed by atoms with E-state index in [9.17, 15) is 25.5 Å². The Morgan fingerprint density at radius 2 is 1.44 bits per heavy atom. The van der Waals surface area contributed by atoms with Crippen LogP contribution in [0.15, 0.2) is 0 Å². The highest BCUT2D eigenvalue weighted by atomic mass is 16.4. The lowest BCUT2D eigenvalue weighted by atomic mass is 9.59. The molecule has 4 aliphatic carbocycles. The average Bonchev–Trinajstić information content (AvgIpc) is 2.71. The third-order valence-electron chi connectivity index (χ3n) is 9.24. The standard InChI is InChI=1S/C20H34O5/c1-10-11-5-6-12-16(23)19(11,9-18(12,4)24)8-15(22)20(25)13(10)7-14(21)17(20,2)3/h10-16,21-25H,5-9H2,1-4H3/t10-,11-,12+,13-,14-,15+,16+,18+,19-,20-/m0/s1. The van der Waals surface area contributed by atoms with Crippen LogP contribution in [0.2, 0.25) is 0 Å². The van der Waals surface area contributed by atoms with E-state index in [0.29, 0.717) is 19.3 Å². The number of aliphatic hydroxyl groups is 5. The van der Waals surface area contributed by atoms with Gasteiger partial charge in [0, 0.05) is 16.7 Å². The van der Waals surface area contributed by atoms with E-state index in [4.69, 9.17) is 0 Å². The smallest absolute Gasteiger partial charge is 0.101 e. The Kier molecular flexibility index (Phi) is 3.63. The summed E-state index contributed by atoms with van der Waals surface area (Å²) >= 11 is 0. The molecule has 25 heavy (non-hydrogen) atoms. The molecule has 144 valence electrons. The summed E-state index contributed by atoms with van der Waals surface area (Å²) in [4.78, 5) is 0. The molecule has 1 spiro atoms. The molecule has 4 rings (SSSR count). The molecule has 0 radical (unpaired) electrons. The van der Waals surface area contributed by atoms with E-state index in [1.54, 1.807) is 0 Å². The molecule has 4 aliphatic rings. The number of rotatable bonds is 0. The highest BCUT2D eigenvalue weighted by Crippen LogP contribution is 2.68. The van der Waals surface area contributed by atoms with Crippen LogP contribution in [0.3, 0.4) is 0 Å². The van der Waals surface area contributed by atoms with E-state index in [1.165, 1.54) is 0 Å². The van der Waals surface area contributed by atoms with Crippen molar-refractivity contribution in [2.24, 2.45) is 34.5 Å². The molecule has 4 fully saturated rings. The number of hydrogen-bond acceptors (Lipinski definition) is 5. The number of fused-ring (bicyclic) bond motifs is 2. The first-order valence-corrected chi connectivity index (χ1v) is 9.88. The molecule has 5 nitrogen and oxygen atoms in total. The normalized spacial score (nSPS) is 63.0. The van der Waals surface area contributed by atoms with Crippen LogP contribution in [-0.2, 0) is 0 Å². The van der Waals surface area contributed by atoms with Gasteiger partial charge in [-0.05, 0) is 56.8 Å². The van der Waals surface area contributed by atoms with Crippen molar-refractivity contribution < 1.29 is 25.5 Å². The van der Waals surface area contributed by atoms with Crippen LogP contribution in [0, 0.1) is 34.5 Å². The molecule has 2 bridgehead atoms. The first-order chi connectivity index (χ1) is 11.4. The SMILES string of the molecule is C[C@H]1[C@@H]2CC[C@@H]3[C@@H](O)[C@@]2(C[C@@H](O)[C@@]2(O)[C@H]1C[C@H](O)C2(C)C)C[C@@]3(C)O. The molecule has 0 aliphatic heterocycles. The maximum Gasteiger partial charge on any atom is 0.101 e. The van der Waals surface area contributed by atoms with E-state index in [0.717, 1.165) is 12.8 Å². The molecule has 0 unspecified atom stereocenters. The summed E-state index contributed by atoms with van der Waals surface area (Å²) in [5, 5.41) is 55.4. The van der Waals surface area contributed by atoms with Gasteiger partial charge in [-0.2, -0.15) is 0 Å². The molecule has 10 atom stereocenters. The van der Waals surface area contributed by atoms with Crippen molar-refractivity contribution in [3.05, 3.63) is 0 Å². The fraction of sp³-hybridized carbons (Fsp3) is 1.00. The van der Waals surface area contributed by atoms with Crippen molar-refractivity contribution in [1.29, 1.82) is 0 Å². The van der Waals surface area contributed by atoms with Gasteiger partial charge in [0.1, 0.15) is 5.60 Å². The molecule has 4 saturated carbocycles. The maximum atomic E-state index is 11.7. The molecule has 5 N–H and O–H groups in total. The van der Waals surface area contributed by atoms with Gasteiger partial charge in [0.25, 0.3) is 0 Å². The van der Waals surface area contributed by atoms with Crippen molar-refractivity contribution in [2.45, 2.75) is 89.3 Å². The minimum Gasteiger partial charge on any atom is -0.392 e. The second-order valence-corrected chi connectivity index (χ2v) is 10.5. The molecule has 0 aromatic rings. The lowest BCUT2D eigenvalue weighted by Crippen LogP contribution is -2.57. The van der Waals surface area contributed by atoms with E-state index in [2.05, 4.69) is 6.92 Å². The molecule has 0 heterocycles. The predicted octanol–water partition coefficient (Wildman–Crippen LogP) is 1.05. The van der Waals surface area contributed by atoms with E-state index < -0.39 is 40.3 Å².